The molecule has 1 aromatic carbocycles. The lowest BCUT2D eigenvalue weighted by Gasteiger charge is -2.27. The van der Waals surface area contributed by atoms with Crippen LogP contribution in [0.15, 0.2) is 29.8 Å². The van der Waals surface area contributed by atoms with E-state index in [1.54, 1.807) is 0 Å². The molecule has 0 saturated heterocycles. The Morgan fingerprint density at radius 1 is 1.40 bits per heavy atom. The number of carbonyl (C=O) groups is 1. The van der Waals surface area contributed by atoms with Crippen LogP contribution in [0.5, 0.6) is 0 Å². The number of carbonyl (C=O) groups excluding carboxylic acids is 1. The summed E-state index contributed by atoms with van der Waals surface area (Å²) in [5, 5.41) is 3.51. The molecule has 0 heterocycles. The number of hydrogen-bond donors (Lipinski definition) is 1. The molecular weight excluding hydrogens is 270 g/mol. The summed E-state index contributed by atoms with van der Waals surface area (Å²) < 4.78 is 0. The van der Waals surface area contributed by atoms with Crippen LogP contribution >= 0.6 is 11.6 Å². The topological polar surface area (TPSA) is 29.1 Å². The second-order valence-corrected chi connectivity index (χ2v) is 5.39. The SMILES string of the molecule is C#CC(CC)(CC)NC(=O)C1=C(Cl)c2ccccc2C1. The Bertz CT molecular complexity index is 606. The molecule has 1 aliphatic rings. The van der Waals surface area contributed by atoms with Gasteiger partial charge in [0.2, 0.25) is 5.91 Å². The van der Waals surface area contributed by atoms with E-state index in [0.717, 1.165) is 11.1 Å². The maximum atomic E-state index is 12.5. The molecule has 0 radical (unpaired) electrons. The number of terminal acetylenes is 1. The number of nitrogens with one attached hydrogen (secondary N) is 1. The molecule has 104 valence electrons. The zero-order valence-electron chi connectivity index (χ0n) is 11.8. The van der Waals surface area contributed by atoms with Gasteiger partial charge in [0.15, 0.2) is 0 Å². The van der Waals surface area contributed by atoms with E-state index in [1.165, 1.54) is 0 Å². The molecule has 20 heavy (non-hydrogen) atoms. The lowest BCUT2D eigenvalue weighted by atomic mass is 9.93. The Kier molecular flexibility index (Phi) is 4.20. The van der Waals surface area contributed by atoms with Crippen molar-refractivity contribution in [2.24, 2.45) is 0 Å². The third-order valence-corrected chi connectivity index (χ3v) is 4.43. The third kappa shape index (κ3) is 2.46. The molecular formula is C17H18ClNO. The minimum atomic E-state index is -0.587. The first-order chi connectivity index (χ1) is 9.56. The fourth-order valence-corrected chi connectivity index (χ4v) is 2.80. The maximum absolute atomic E-state index is 12.5. The zero-order chi connectivity index (χ0) is 14.8. The molecule has 0 aromatic heterocycles. The van der Waals surface area contributed by atoms with Gasteiger partial charge < -0.3 is 5.32 Å². The fourth-order valence-electron chi connectivity index (χ4n) is 2.46. The van der Waals surface area contributed by atoms with Crippen molar-refractivity contribution < 1.29 is 4.79 Å². The molecule has 2 nitrogen and oxygen atoms in total. The third-order valence-electron chi connectivity index (χ3n) is 4.00. The number of halogens is 1. The normalized spacial score (nSPS) is 13.9. The molecule has 1 N–H and O–H groups in total. The lowest BCUT2D eigenvalue weighted by Crippen LogP contribution is -2.47. The van der Waals surface area contributed by atoms with Crippen molar-refractivity contribution in [2.75, 3.05) is 0 Å². The number of amides is 1. The summed E-state index contributed by atoms with van der Waals surface area (Å²) in [5.74, 6) is 2.55. The van der Waals surface area contributed by atoms with Gasteiger partial charge in [0, 0.05) is 12.0 Å². The highest BCUT2D eigenvalue weighted by molar-refractivity contribution is 6.51. The van der Waals surface area contributed by atoms with Crippen molar-refractivity contribution in [3.05, 3.63) is 41.0 Å². The van der Waals surface area contributed by atoms with Crippen LogP contribution in [-0.2, 0) is 11.2 Å². The maximum Gasteiger partial charge on any atom is 0.250 e. The minimum absolute atomic E-state index is 0.159. The molecule has 1 aliphatic carbocycles. The minimum Gasteiger partial charge on any atom is -0.336 e. The van der Waals surface area contributed by atoms with E-state index in [1.807, 2.05) is 38.1 Å². The van der Waals surface area contributed by atoms with Gasteiger partial charge in [0.25, 0.3) is 0 Å². The van der Waals surface area contributed by atoms with Gasteiger partial charge in [-0.15, -0.1) is 6.42 Å². The van der Waals surface area contributed by atoms with Crippen LogP contribution in [-0.4, -0.2) is 11.4 Å². The predicted molar refractivity (Wildman–Crippen MR) is 83.2 cm³/mol. The van der Waals surface area contributed by atoms with Crippen LogP contribution in [0.1, 0.15) is 37.8 Å². The van der Waals surface area contributed by atoms with Crippen molar-refractivity contribution in [3.8, 4) is 12.3 Å². The van der Waals surface area contributed by atoms with E-state index in [4.69, 9.17) is 18.0 Å². The van der Waals surface area contributed by atoms with Crippen molar-refractivity contribution in [1.82, 2.24) is 5.32 Å². The van der Waals surface area contributed by atoms with Crippen molar-refractivity contribution in [1.29, 1.82) is 0 Å². The van der Waals surface area contributed by atoms with Crippen LogP contribution in [0.25, 0.3) is 5.03 Å². The highest BCUT2D eigenvalue weighted by Crippen LogP contribution is 2.35. The lowest BCUT2D eigenvalue weighted by molar-refractivity contribution is -0.118. The average molecular weight is 288 g/mol. The molecule has 0 bridgehead atoms. The fraction of sp³-hybridized carbons (Fsp3) is 0.353. The number of benzene rings is 1. The molecule has 0 aliphatic heterocycles. The summed E-state index contributed by atoms with van der Waals surface area (Å²) in [4.78, 5) is 12.5. The molecule has 0 atom stereocenters. The van der Waals surface area contributed by atoms with E-state index >= 15 is 0 Å². The van der Waals surface area contributed by atoms with Gasteiger partial charge in [0.1, 0.15) is 5.54 Å². The average Bonchev–Trinajstić information content (AvgIpc) is 2.83. The Morgan fingerprint density at radius 3 is 2.60 bits per heavy atom. The van der Waals surface area contributed by atoms with Gasteiger partial charge >= 0.3 is 0 Å². The van der Waals surface area contributed by atoms with Gasteiger partial charge in [-0.3, -0.25) is 4.79 Å². The first-order valence-electron chi connectivity index (χ1n) is 6.84. The van der Waals surface area contributed by atoms with Gasteiger partial charge in [0.05, 0.1) is 5.03 Å². The second-order valence-electron chi connectivity index (χ2n) is 5.01. The van der Waals surface area contributed by atoms with Crippen LogP contribution in [0.4, 0.5) is 0 Å². The molecule has 3 heteroatoms. The Morgan fingerprint density at radius 2 is 2.05 bits per heavy atom. The summed E-state index contributed by atoms with van der Waals surface area (Å²) in [5.41, 5.74) is 2.05. The summed E-state index contributed by atoms with van der Waals surface area (Å²) >= 11 is 6.33. The molecule has 1 aromatic rings. The van der Waals surface area contributed by atoms with Crippen LogP contribution in [0.2, 0.25) is 0 Å². The van der Waals surface area contributed by atoms with Crippen LogP contribution in [0, 0.1) is 12.3 Å². The molecule has 0 saturated carbocycles. The number of hydrogen-bond acceptors (Lipinski definition) is 1. The van der Waals surface area contributed by atoms with Gasteiger partial charge in [-0.25, -0.2) is 0 Å². The largest absolute Gasteiger partial charge is 0.336 e. The summed E-state index contributed by atoms with van der Waals surface area (Å²) in [6, 6.07) is 7.80. The summed E-state index contributed by atoms with van der Waals surface area (Å²) in [6.07, 6.45) is 7.54. The van der Waals surface area contributed by atoms with E-state index < -0.39 is 5.54 Å². The molecule has 2 rings (SSSR count). The summed E-state index contributed by atoms with van der Waals surface area (Å²) in [6.45, 7) is 3.95. The van der Waals surface area contributed by atoms with E-state index in [0.29, 0.717) is 29.9 Å². The molecule has 1 amide bonds. The van der Waals surface area contributed by atoms with E-state index in [2.05, 4.69) is 11.2 Å². The van der Waals surface area contributed by atoms with Gasteiger partial charge in [-0.2, -0.15) is 0 Å². The first-order valence-corrected chi connectivity index (χ1v) is 7.22. The molecule has 0 unspecified atom stereocenters. The van der Waals surface area contributed by atoms with Crippen LogP contribution in [0.3, 0.4) is 0 Å². The first kappa shape index (κ1) is 14.7. The number of fused-ring (bicyclic) bond motifs is 1. The van der Waals surface area contributed by atoms with Gasteiger partial charge in [-0.05, 0) is 24.0 Å². The van der Waals surface area contributed by atoms with Crippen molar-refractivity contribution in [2.45, 2.75) is 38.6 Å². The Labute approximate surface area is 125 Å². The van der Waals surface area contributed by atoms with Crippen molar-refractivity contribution in [3.63, 3.8) is 0 Å². The smallest absolute Gasteiger partial charge is 0.250 e. The monoisotopic (exact) mass is 287 g/mol. The molecule has 0 spiro atoms. The summed E-state index contributed by atoms with van der Waals surface area (Å²) in [7, 11) is 0. The highest BCUT2D eigenvalue weighted by atomic mass is 35.5. The zero-order valence-corrected chi connectivity index (χ0v) is 12.6. The number of rotatable bonds is 4. The van der Waals surface area contributed by atoms with Gasteiger partial charge in [-0.1, -0.05) is 55.6 Å². The Balaban J connectivity index is 2.25. The second kappa shape index (κ2) is 5.73. The van der Waals surface area contributed by atoms with Crippen molar-refractivity contribution >= 4 is 22.5 Å². The van der Waals surface area contributed by atoms with Crippen LogP contribution < -0.4 is 5.32 Å². The Hall–Kier alpha value is -1.72. The predicted octanol–water partition coefficient (Wildman–Crippen LogP) is 3.50. The quantitative estimate of drug-likeness (QED) is 0.844. The van der Waals surface area contributed by atoms with E-state index in [-0.39, 0.29) is 5.91 Å². The highest BCUT2D eigenvalue weighted by Gasteiger charge is 2.30. The molecule has 0 fully saturated rings. The van der Waals surface area contributed by atoms with E-state index in [9.17, 15) is 4.79 Å². The standard InChI is InChI=1S/C17H18ClNO/c1-4-17(5-2,6-3)19-16(20)14-11-12-9-7-8-10-13(12)15(14)18/h1,7-10H,5-6,11H2,2-3H3,(H,19,20).